The van der Waals surface area contributed by atoms with E-state index in [0.717, 1.165) is 50.0 Å². The SMILES string of the molecule is C[N+]1=C=[N+](c2cccc(Oc3cc4c(cc3-c3nc(-c5ccccc5)nc(-c5ccccc5)n3)c3ccccc3n4-c3ccccn3)c2)C=C1. The zero-order valence-electron chi connectivity index (χ0n) is 27.0. The molecule has 0 bridgehead atoms. The molecule has 5 aromatic carbocycles. The zero-order chi connectivity index (χ0) is 33.4. The molecular formula is C42H29N7O+2. The Bertz CT molecular complexity index is 2600. The lowest BCUT2D eigenvalue weighted by molar-refractivity contribution is -0.429. The van der Waals surface area contributed by atoms with E-state index in [0.29, 0.717) is 29.0 Å². The molecule has 0 radical (unpaired) electrons. The van der Waals surface area contributed by atoms with E-state index in [9.17, 15) is 0 Å². The van der Waals surface area contributed by atoms with Crippen LogP contribution in [0.2, 0.25) is 0 Å². The molecule has 1 aliphatic heterocycles. The fraction of sp³-hybridized carbons (Fsp3) is 0.0238. The van der Waals surface area contributed by atoms with E-state index in [2.05, 4.69) is 40.9 Å². The Morgan fingerprint density at radius 3 is 2.00 bits per heavy atom. The van der Waals surface area contributed by atoms with E-state index < -0.39 is 0 Å². The Kier molecular flexibility index (Phi) is 7.12. The largest absolute Gasteiger partial charge is 0.495 e. The van der Waals surface area contributed by atoms with Crippen molar-refractivity contribution in [2.24, 2.45) is 0 Å². The van der Waals surface area contributed by atoms with Gasteiger partial charge in [-0.25, -0.2) is 19.9 Å². The summed E-state index contributed by atoms with van der Waals surface area (Å²) in [6.45, 7) is 0. The molecule has 0 spiro atoms. The first-order valence-corrected chi connectivity index (χ1v) is 16.3. The van der Waals surface area contributed by atoms with Crippen LogP contribution in [0.15, 0.2) is 158 Å². The Hall–Kier alpha value is -7.02. The molecule has 0 aliphatic carbocycles. The highest BCUT2D eigenvalue weighted by atomic mass is 16.5. The minimum Gasteiger partial charge on any atom is -0.456 e. The average Bonchev–Trinajstić information content (AvgIpc) is 3.76. The van der Waals surface area contributed by atoms with E-state index in [1.54, 1.807) is 0 Å². The van der Waals surface area contributed by atoms with Crippen molar-refractivity contribution in [3.8, 4) is 51.5 Å². The van der Waals surface area contributed by atoms with Crippen LogP contribution < -0.4 is 4.74 Å². The summed E-state index contributed by atoms with van der Waals surface area (Å²) in [4.78, 5) is 19.8. The van der Waals surface area contributed by atoms with Crippen molar-refractivity contribution in [3.63, 3.8) is 0 Å². The summed E-state index contributed by atoms with van der Waals surface area (Å²) in [5.41, 5.74) is 5.44. The topological polar surface area (TPSA) is 71.7 Å². The van der Waals surface area contributed by atoms with Crippen LogP contribution in [-0.4, -0.2) is 46.7 Å². The van der Waals surface area contributed by atoms with Gasteiger partial charge in [-0.15, -0.1) is 0 Å². The molecule has 236 valence electrons. The van der Waals surface area contributed by atoms with E-state index in [1.807, 2.05) is 144 Å². The third-order valence-electron chi connectivity index (χ3n) is 8.62. The molecule has 0 fully saturated rings. The highest BCUT2D eigenvalue weighted by Gasteiger charge is 2.22. The molecule has 0 N–H and O–H groups in total. The molecule has 4 heterocycles. The van der Waals surface area contributed by atoms with Crippen LogP contribution in [0.25, 0.3) is 61.8 Å². The summed E-state index contributed by atoms with van der Waals surface area (Å²) in [7, 11) is 1.95. The molecule has 8 heteroatoms. The van der Waals surface area contributed by atoms with Crippen molar-refractivity contribution >= 4 is 33.5 Å². The number of pyridine rings is 1. The Morgan fingerprint density at radius 1 is 0.600 bits per heavy atom. The number of fused-ring (bicyclic) bond motifs is 3. The van der Waals surface area contributed by atoms with E-state index in [1.165, 1.54) is 0 Å². The van der Waals surface area contributed by atoms with Crippen LogP contribution in [-0.2, 0) is 0 Å². The van der Waals surface area contributed by atoms with Crippen LogP contribution in [0.1, 0.15) is 0 Å². The summed E-state index contributed by atoms with van der Waals surface area (Å²) < 4.78 is 12.8. The van der Waals surface area contributed by atoms with Gasteiger partial charge in [-0.05, 0) is 30.3 Å². The van der Waals surface area contributed by atoms with Gasteiger partial charge in [0.1, 0.15) is 17.3 Å². The van der Waals surface area contributed by atoms with Crippen LogP contribution in [0, 0.1) is 0 Å². The van der Waals surface area contributed by atoms with Gasteiger partial charge in [-0.3, -0.25) is 4.57 Å². The van der Waals surface area contributed by atoms with Crippen molar-refractivity contribution in [2.75, 3.05) is 7.05 Å². The lowest BCUT2D eigenvalue weighted by atomic mass is 10.1. The maximum atomic E-state index is 6.85. The molecular weight excluding hydrogens is 619 g/mol. The summed E-state index contributed by atoms with van der Waals surface area (Å²) in [5, 5.41) is 2.11. The lowest BCUT2D eigenvalue weighted by Crippen LogP contribution is -2.02. The van der Waals surface area contributed by atoms with Crippen LogP contribution in [0.5, 0.6) is 11.5 Å². The first-order valence-electron chi connectivity index (χ1n) is 16.3. The number of para-hydroxylation sites is 1. The molecule has 3 aromatic heterocycles. The molecule has 8 nitrogen and oxygen atoms in total. The number of hydrogen-bond acceptors (Lipinski definition) is 5. The van der Waals surface area contributed by atoms with E-state index in [-0.39, 0.29) is 0 Å². The van der Waals surface area contributed by atoms with Crippen LogP contribution in [0.4, 0.5) is 5.69 Å². The summed E-state index contributed by atoms with van der Waals surface area (Å²) in [5.74, 6) is 3.73. The highest BCUT2D eigenvalue weighted by molar-refractivity contribution is 6.11. The molecule has 1 aliphatic rings. The van der Waals surface area contributed by atoms with Crippen molar-refractivity contribution in [1.29, 1.82) is 0 Å². The van der Waals surface area contributed by atoms with Gasteiger partial charge in [-0.1, -0.05) is 100 Å². The van der Waals surface area contributed by atoms with E-state index >= 15 is 0 Å². The molecule has 0 amide bonds. The first-order chi connectivity index (χ1) is 24.7. The summed E-state index contributed by atoms with van der Waals surface area (Å²) in [6.07, 6.45) is 5.72. The average molecular weight is 648 g/mol. The van der Waals surface area contributed by atoms with Gasteiger partial charge < -0.3 is 4.74 Å². The summed E-state index contributed by atoms with van der Waals surface area (Å²) >= 11 is 0. The molecule has 8 aromatic rings. The smallest absolute Gasteiger partial charge is 0.456 e. The highest BCUT2D eigenvalue weighted by Crippen LogP contribution is 2.41. The number of ether oxygens (including phenoxy) is 1. The molecule has 0 atom stereocenters. The van der Waals surface area contributed by atoms with Crippen LogP contribution in [0.3, 0.4) is 0 Å². The van der Waals surface area contributed by atoms with Gasteiger partial charge in [0.25, 0.3) is 6.20 Å². The second-order valence-electron chi connectivity index (χ2n) is 11.9. The Balaban J connectivity index is 1.31. The van der Waals surface area contributed by atoms with Gasteiger partial charge in [0, 0.05) is 40.2 Å². The number of hydrogen-bond donors (Lipinski definition) is 0. The number of benzene rings is 5. The maximum absolute atomic E-state index is 6.85. The third kappa shape index (κ3) is 5.32. The molecule has 50 heavy (non-hydrogen) atoms. The van der Waals surface area contributed by atoms with Crippen LogP contribution >= 0.6 is 0 Å². The molecule has 0 saturated carbocycles. The monoisotopic (exact) mass is 647 g/mol. The Morgan fingerprint density at radius 2 is 1.30 bits per heavy atom. The van der Waals surface area contributed by atoms with E-state index in [4.69, 9.17) is 24.7 Å². The fourth-order valence-electron chi connectivity index (χ4n) is 6.29. The quantitative estimate of drug-likeness (QED) is 0.161. The summed E-state index contributed by atoms with van der Waals surface area (Å²) in [6, 6.07) is 49.7. The van der Waals surface area contributed by atoms with Crippen molar-refractivity contribution in [1.82, 2.24) is 24.5 Å². The zero-order valence-corrected chi connectivity index (χ0v) is 27.0. The molecule has 9 rings (SSSR count). The third-order valence-corrected chi connectivity index (χ3v) is 8.62. The fourth-order valence-corrected chi connectivity index (χ4v) is 6.29. The Labute approximate surface area is 287 Å². The van der Waals surface area contributed by atoms with Crippen molar-refractivity contribution in [3.05, 3.63) is 158 Å². The predicted molar refractivity (Wildman–Crippen MR) is 195 cm³/mol. The van der Waals surface area contributed by atoms with Gasteiger partial charge in [0.05, 0.1) is 22.7 Å². The second-order valence-corrected chi connectivity index (χ2v) is 11.9. The first kappa shape index (κ1) is 29.1. The maximum Gasteiger partial charge on any atom is 0.495 e. The van der Waals surface area contributed by atoms with Gasteiger partial charge in [-0.2, -0.15) is 0 Å². The van der Waals surface area contributed by atoms with Gasteiger partial charge >= 0.3 is 6.01 Å². The standard InChI is InChI=1S/C42H29N7O/c1-47-23-24-48(28-47)31-17-12-18-32(25-31)50-38-27-37-34(33-19-8-9-20-36(33)49(37)39-21-10-11-22-43-39)26-35(38)42-45-40(29-13-4-2-5-14-29)44-41(46-42)30-15-6-3-7-16-30/h2-27H,1H3/q+2. The minimum atomic E-state index is 0.506. The van der Waals surface area contributed by atoms with Crippen molar-refractivity contribution < 1.29 is 13.9 Å². The second kappa shape index (κ2) is 12.2. The minimum absolute atomic E-state index is 0.506. The van der Waals surface area contributed by atoms with Gasteiger partial charge in [0.2, 0.25) is 11.9 Å². The van der Waals surface area contributed by atoms with Crippen molar-refractivity contribution in [2.45, 2.75) is 0 Å². The normalized spacial score (nSPS) is 12.3. The van der Waals surface area contributed by atoms with Gasteiger partial charge in [0.15, 0.2) is 24.5 Å². The number of rotatable bonds is 7. The molecule has 0 saturated heterocycles. The lowest BCUT2D eigenvalue weighted by Gasteiger charge is -2.14. The predicted octanol–water partition coefficient (Wildman–Crippen LogP) is 9.10. The number of nitrogens with zero attached hydrogens (tertiary/aromatic N) is 7. The number of aromatic nitrogens is 5. The molecule has 0 unspecified atom stereocenters.